The second kappa shape index (κ2) is 7.81. The van der Waals surface area contributed by atoms with E-state index in [0.717, 1.165) is 35.4 Å². The Morgan fingerprint density at radius 2 is 2.14 bits per heavy atom. The van der Waals surface area contributed by atoms with Crippen LogP contribution >= 0.6 is 11.6 Å². The van der Waals surface area contributed by atoms with Crippen LogP contribution in [-0.4, -0.2) is 24.2 Å². The number of nitrogens with one attached hydrogen (secondary N) is 1. The van der Waals surface area contributed by atoms with Crippen LogP contribution < -0.4 is 5.32 Å². The van der Waals surface area contributed by atoms with E-state index in [9.17, 15) is 9.90 Å². The highest BCUT2D eigenvalue weighted by atomic mass is 35.5. The zero-order valence-corrected chi connectivity index (χ0v) is 13.3. The minimum Gasteiger partial charge on any atom is -0.396 e. The summed E-state index contributed by atoms with van der Waals surface area (Å²) in [4.78, 5) is 11.9. The average molecular weight is 310 g/mol. The van der Waals surface area contributed by atoms with Gasteiger partial charge in [-0.15, -0.1) is 0 Å². The first-order valence-electron chi connectivity index (χ1n) is 7.72. The third-order valence-corrected chi connectivity index (χ3v) is 4.90. The molecule has 1 aliphatic carbocycles. The normalized spacial score (nSPS) is 21.5. The van der Waals surface area contributed by atoms with E-state index in [0.29, 0.717) is 31.2 Å². The van der Waals surface area contributed by atoms with Crippen molar-refractivity contribution in [3.63, 3.8) is 0 Å². The number of hydrogen-bond donors (Lipinski definition) is 2. The molecule has 2 unspecified atom stereocenters. The molecule has 2 N–H and O–H groups in total. The molecule has 0 radical (unpaired) electrons. The number of rotatable bonds is 6. The lowest BCUT2D eigenvalue weighted by atomic mass is 9.97. The van der Waals surface area contributed by atoms with Crippen molar-refractivity contribution in [3.8, 4) is 0 Å². The van der Waals surface area contributed by atoms with Crippen molar-refractivity contribution in [3.05, 3.63) is 34.3 Å². The minimum absolute atomic E-state index is 0.0790. The number of hydrogen-bond acceptors (Lipinski definition) is 2. The van der Waals surface area contributed by atoms with Gasteiger partial charge in [0, 0.05) is 24.6 Å². The van der Waals surface area contributed by atoms with Gasteiger partial charge in [-0.3, -0.25) is 4.79 Å². The zero-order chi connectivity index (χ0) is 15.2. The molecule has 1 aromatic rings. The van der Waals surface area contributed by atoms with Gasteiger partial charge in [-0.25, -0.2) is 0 Å². The van der Waals surface area contributed by atoms with Crippen LogP contribution in [-0.2, 0) is 11.2 Å². The molecule has 4 heteroatoms. The Kier molecular flexibility index (Phi) is 6.07. The van der Waals surface area contributed by atoms with Gasteiger partial charge in [-0.2, -0.15) is 0 Å². The molecule has 1 aliphatic rings. The molecule has 0 bridgehead atoms. The van der Waals surface area contributed by atoms with E-state index in [1.54, 1.807) is 0 Å². The van der Waals surface area contributed by atoms with E-state index < -0.39 is 0 Å². The Balaban J connectivity index is 1.73. The van der Waals surface area contributed by atoms with Crippen molar-refractivity contribution >= 4 is 17.5 Å². The Bertz CT molecular complexity index is 490. The van der Waals surface area contributed by atoms with E-state index in [4.69, 9.17) is 11.6 Å². The smallest absolute Gasteiger partial charge is 0.220 e. The summed E-state index contributed by atoms with van der Waals surface area (Å²) in [5, 5.41) is 13.0. The molecule has 1 saturated carbocycles. The molecule has 116 valence electrons. The fraction of sp³-hybridized carbons (Fsp3) is 0.588. The standard InChI is InChI=1S/C17H24ClNO2/c1-12-5-6-13(9-16(12)18)7-8-17(21)19-10-14-3-2-4-15(14)11-20/h5-6,9,14-15,20H,2-4,7-8,10-11H2,1H3,(H,19,21). The maximum atomic E-state index is 11.9. The third-order valence-electron chi connectivity index (χ3n) is 4.49. The van der Waals surface area contributed by atoms with E-state index in [2.05, 4.69) is 5.32 Å². The largest absolute Gasteiger partial charge is 0.396 e. The lowest BCUT2D eigenvalue weighted by molar-refractivity contribution is -0.121. The number of aliphatic hydroxyl groups excluding tert-OH is 1. The Morgan fingerprint density at radius 1 is 1.38 bits per heavy atom. The van der Waals surface area contributed by atoms with Gasteiger partial charge in [-0.1, -0.05) is 30.2 Å². The minimum atomic E-state index is 0.0790. The lowest BCUT2D eigenvalue weighted by Crippen LogP contribution is -2.31. The first kappa shape index (κ1) is 16.3. The number of carbonyl (C=O) groups is 1. The van der Waals surface area contributed by atoms with Crippen molar-refractivity contribution in [2.75, 3.05) is 13.2 Å². The maximum Gasteiger partial charge on any atom is 0.220 e. The van der Waals surface area contributed by atoms with Crippen molar-refractivity contribution in [1.82, 2.24) is 5.32 Å². The van der Waals surface area contributed by atoms with E-state index >= 15 is 0 Å². The molecule has 1 fully saturated rings. The summed E-state index contributed by atoms with van der Waals surface area (Å²) in [6.45, 7) is 2.90. The number of amides is 1. The molecule has 2 rings (SSSR count). The molecule has 0 heterocycles. The summed E-state index contributed by atoms with van der Waals surface area (Å²) in [7, 11) is 0. The fourth-order valence-electron chi connectivity index (χ4n) is 3.01. The van der Waals surface area contributed by atoms with Gasteiger partial charge in [0.1, 0.15) is 0 Å². The van der Waals surface area contributed by atoms with E-state index in [1.807, 2.05) is 25.1 Å². The summed E-state index contributed by atoms with van der Waals surface area (Å²) in [6.07, 6.45) is 4.54. The quantitative estimate of drug-likeness (QED) is 0.848. The Morgan fingerprint density at radius 3 is 2.86 bits per heavy atom. The molecule has 0 spiro atoms. The number of aliphatic hydroxyl groups is 1. The highest BCUT2D eigenvalue weighted by molar-refractivity contribution is 6.31. The number of benzene rings is 1. The predicted molar refractivity (Wildman–Crippen MR) is 85.4 cm³/mol. The van der Waals surface area contributed by atoms with Crippen LogP contribution in [0.4, 0.5) is 0 Å². The van der Waals surface area contributed by atoms with Crippen molar-refractivity contribution < 1.29 is 9.90 Å². The van der Waals surface area contributed by atoms with E-state index in [1.165, 1.54) is 0 Å². The summed E-state index contributed by atoms with van der Waals surface area (Å²) in [5.41, 5.74) is 2.15. The molecule has 3 nitrogen and oxygen atoms in total. The zero-order valence-electron chi connectivity index (χ0n) is 12.6. The van der Waals surface area contributed by atoms with Crippen LogP contribution in [0, 0.1) is 18.8 Å². The summed E-state index contributed by atoms with van der Waals surface area (Å²) in [5.74, 6) is 0.879. The molecular weight excluding hydrogens is 286 g/mol. The van der Waals surface area contributed by atoms with Crippen LogP contribution in [0.15, 0.2) is 18.2 Å². The number of aryl methyl sites for hydroxylation is 2. The second-order valence-corrected chi connectivity index (χ2v) is 6.43. The monoisotopic (exact) mass is 309 g/mol. The van der Waals surface area contributed by atoms with Gasteiger partial charge < -0.3 is 10.4 Å². The first-order valence-corrected chi connectivity index (χ1v) is 8.10. The van der Waals surface area contributed by atoms with Crippen LogP contribution in [0.2, 0.25) is 5.02 Å². The average Bonchev–Trinajstić information content (AvgIpc) is 2.94. The number of carbonyl (C=O) groups excluding carboxylic acids is 1. The SMILES string of the molecule is Cc1ccc(CCC(=O)NCC2CCCC2CO)cc1Cl. The summed E-state index contributed by atoms with van der Waals surface area (Å²) < 4.78 is 0. The van der Waals surface area contributed by atoms with Crippen LogP contribution in [0.1, 0.15) is 36.8 Å². The molecule has 0 aliphatic heterocycles. The first-order chi connectivity index (χ1) is 10.1. The van der Waals surface area contributed by atoms with Gasteiger partial charge in [0.25, 0.3) is 0 Å². The van der Waals surface area contributed by atoms with Gasteiger partial charge >= 0.3 is 0 Å². The molecule has 1 amide bonds. The van der Waals surface area contributed by atoms with Crippen molar-refractivity contribution in [2.24, 2.45) is 11.8 Å². The third kappa shape index (κ3) is 4.72. The summed E-state index contributed by atoms with van der Waals surface area (Å²) >= 11 is 6.08. The molecule has 2 atom stereocenters. The lowest BCUT2D eigenvalue weighted by Gasteiger charge is -2.17. The number of halogens is 1. The fourth-order valence-corrected chi connectivity index (χ4v) is 3.21. The molecule has 21 heavy (non-hydrogen) atoms. The molecule has 0 aromatic heterocycles. The Hall–Kier alpha value is -1.06. The second-order valence-electron chi connectivity index (χ2n) is 6.02. The van der Waals surface area contributed by atoms with Crippen molar-refractivity contribution in [2.45, 2.75) is 39.0 Å². The highest BCUT2D eigenvalue weighted by Gasteiger charge is 2.26. The van der Waals surface area contributed by atoms with Crippen LogP contribution in [0.5, 0.6) is 0 Å². The molecule has 1 aromatic carbocycles. The van der Waals surface area contributed by atoms with Gasteiger partial charge in [0.05, 0.1) is 0 Å². The Labute approximate surface area is 131 Å². The highest BCUT2D eigenvalue weighted by Crippen LogP contribution is 2.30. The van der Waals surface area contributed by atoms with Gasteiger partial charge in [0.2, 0.25) is 5.91 Å². The van der Waals surface area contributed by atoms with Gasteiger partial charge in [0.15, 0.2) is 0 Å². The maximum absolute atomic E-state index is 11.9. The molecular formula is C17H24ClNO2. The summed E-state index contributed by atoms with van der Waals surface area (Å²) in [6, 6.07) is 5.94. The predicted octanol–water partition coefficient (Wildman–Crippen LogP) is 3.11. The molecule has 0 saturated heterocycles. The van der Waals surface area contributed by atoms with Crippen LogP contribution in [0.3, 0.4) is 0 Å². The van der Waals surface area contributed by atoms with Crippen molar-refractivity contribution in [1.29, 1.82) is 0 Å². The van der Waals surface area contributed by atoms with E-state index in [-0.39, 0.29) is 12.5 Å². The van der Waals surface area contributed by atoms with Crippen LogP contribution in [0.25, 0.3) is 0 Å². The topological polar surface area (TPSA) is 49.3 Å². The van der Waals surface area contributed by atoms with Gasteiger partial charge in [-0.05, 0) is 55.2 Å².